The minimum atomic E-state index is -0.401. The minimum absolute atomic E-state index is 0.165. The first-order valence-corrected chi connectivity index (χ1v) is 7.18. The van der Waals surface area contributed by atoms with E-state index in [-0.39, 0.29) is 6.09 Å². The second-order valence-corrected chi connectivity index (χ2v) is 5.99. The van der Waals surface area contributed by atoms with Gasteiger partial charge >= 0.3 is 6.09 Å². The Hall–Kier alpha value is -0.770. The number of rotatable bonds is 0. The van der Waals surface area contributed by atoms with Crippen LogP contribution >= 0.6 is 0 Å². The molecule has 4 nitrogen and oxygen atoms in total. The Morgan fingerprint density at radius 1 is 1.00 bits per heavy atom. The van der Waals surface area contributed by atoms with E-state index in [0.29, 0.717) is 0 Å². The molecule has 0 unspecified atom stereocenters. The topological polar surface area (TPSA) is 41.6 Å². The summed E-state index contributed by atoms with van der Waals surface area (Å²) in [5.74, 6) is 0. The van der Waals surface area contributed by atoms with Crippen LogP contribution in [-0.2, 0) is 4.74 Å². The van der Waals surface area contributed by atoms with Crippen LogP contribution in [0.15, 0.2) is 0 Å². The Kier molecular flexibility index (Phi) is 6.47. The van der Waals surface area contributed by atoms with E-state index in [1.54, 1.807) is 0 Å². The van der Waals surface area contributed by atoms with Gasteiger partial charge in [-0.15, -0.1) is 0 Å². The van der Waals surface area contributed by atoms with E-state index in [0.717, 1.165) is 39.0 Å². The number of carbonyl (C=O) groups excluding carboxylic acids is 1. The molecule has 0 atom stereocenters. The van der Waals surface area contributed by atoms with Crippen LogP contribution in [0.2, 0.25) is 0 Å². The van der Waals surface area contributed by atoms with Crippen molar-refractivity contribution >= 4 is 6.09 Å². The van der Waals surface area contributed by atoms with Crippen LogP contribution in [0.1, 0.15) is 52.9 Å². The molecule has 0 radical (unpaired) electrons. The Morgan fingerprint density at radius 3 is 2.33 bits per heavy atom. The van der Waals surface area contributed by atoms with Crippen LogP contribution in [0.5, 0.6) is 0 Å². The fourth-order valence-electron chi connectivity index (χ4n) is 2.05. The molecule has 0 saturated carbocycles. The van der Waals surface area contributed by atoms with Gasteiger partial charge in [0.2, 0.25) is 0 Å². The predicted octanol–water partition coefficient (Wildman–Crippen LogP) is 2.78. The first kappa shape index (κ1) is 15.3. The van der Waals surface area contributed by atoms with Gasteiger partial charge in [-0.1, -0.05) is 12.8 Å². The van der Waals surface area contributed by atoms with E-state index in [1.807, 2.05) is 25.7 Å². The molecule has 0 aromatic carbocycles. The largest absolute Gasteiger partial charge is 0.444 e. The maximum absolute atomic E-state index is 12.0. The van der Waals surface area contributed by atoms with E-state index < -0.39 is 5.60 Å². The lowest BCUT2D eigenvalue weighted by molar-refractivity contribution is 0.0245. The number of nitrogens with one attached hydrogen (secondary N) is 1. The summed E-state index contributed by atoms with van der Waals surface area (Å²) in [5.41, 5.74) is -0.401. The number of amides is 1. The van der Waals surface area contributed by atoms with Crippen molar-refractivity contribution in [2.45, 2.75) is 58.5 Å². The zero-order valence-corrected chi connectivity index (χ0v) is 12.1. The van der Waals surface area contributed by atoms with Crippen LogP contribution < -0.4 is 5.32 Å². The van der Waals surface area contributed by atoms with Crippen molar-refractivity contribution in [1.82, 2.24) is 10.2 Å². The summed E-state index contributed by atoms with van der Waals surface area (Å²) in [7, 11) is 0. The number of carbonyl (C=O) groups is 1. The van der Waals surface area contributed by atoms with Gasteiger partial charge in [-0.3, -0.25) is 0 Å². The third-order valence-electron chi connectivity index (χ3n) is 2.96. The average Bonchev–Trinajstić information content (AvgIpc) is 2.31. The monoisotopic (exact) mass is 256 g/mol. The predicted molar refractivity (Wildman–Crippen MR) is 73.8 cm³/mol. The zero-order valence-electron chi connectivity index (χ0n) is 12.1. The summed E-state index contributed by atoms with van der Waals surface area (Å²) in [6.07, 6.45) is 5.60. The summed E-state index contributed by atoms with van der Waals surface area (Å²) in [6, 6.07) is 0. The number of ether oxygens (including phenoxy) is 1. The summed E-state index contributed by atoms with van der Waals surface area (Å²) >= 11 is 0. The van der Waals surface area contributed by atoms with Crippen LogP contribution in [0.25, 0.3) is 0 Å². The zero-order chi connectivity index (χ0) is 13.4. The molecule has 106 valence electrons. The maximum Gasteiger partial charge on any atom is 0.410 e. The average molecular weight is 256 g/mol. The van der Waals surface area contributed by atoms with Crippen molar-refractivity contribution in [2.24, 2.45) is 0 Å². The molecule has 4 heteroatoms. The van der Waals surface area contributed by atoms with Crippen molar-refractivity contribution < 1.29 is 9.53 Å². The SMILES string of the molecule is CC(C)(C)OC(=O)N1CCCCCCNCCC1. The molecular formula is C14H28N2O2. The molecule has 0 aromatic heterocycles. The fourth-order valence-corrected chi connectivity index (χ4v) is 2.05. The standard InChI is InChI=1S/C14H28N2O2/c1-14(2,3)18-13(17)16-11-7-5-4-6-9-15-10-8-12-16/h15H,4-12H2,1-3H3. The van der Waals surface area contributed by atoms with Crippen molar-refractivity contribution in [1.29, 1.82) is 0 Å². The molecular weight excluding hydrogens is 228 g/mol. The molecule has 0 spiro atoms. The van der Waals surface area contributed by atoms with Crippen LogP contribution in [0.4, 0.5) is 4.79 Å². The highest BCUT2D eigenvalue weighted by atomic mass is 16.6. The van der Waals surface area contributed by atoms with E-state index in [1.165, 1.54) is 19.3 Å². The highest BCUT2D eigenvalue weighted by Gasteiger charge is 2.21. The summed E-state index contributed by atoms with van der Waals surface area (Å²) < 4.78 is 5.44. The Bertz CT molecular complexity index is 237. The van der Waals surface area contributed by atoms with E-state index in [2.05, 4.69) is 5.32 Å². The van der Waals surface area contributed by atoms with Crippen LogP contribution in [-0.4, -0.2) is 42.8 Å². The van der Waals surface area contributed by atoms with Gasteiger partial charge in [-0.2, -0.15) is 0 Å². The lowest BCUT2D eigenvalue weighted by Gasteiger charge is -2.27. The van der Waals surface area contributed by atoms with Crippen molar-refractivity contribution in [3.8, 4) is 0 Å². The first-order valence-electron chi connectivity index (χ1n) is 7.18. The molecule has 1 amide bonds. The van der Waals surface area contributed by atoms with Gasteiger partial charge in [0.1, 0.15) is 5.60 Å². The highest BCUT2D eigenvalue weighted by molar-refractivity contribution is 5.68. The Labute approximate surface area is 111 Å². The summed E-state index contributed by atoms with van der Waals surface area (Å²) in [4.78, 5) is 13.9. The Balaban J connectivity index is 2.45. The maximum atomic E-state index is 12.0. The van der Waals surface area contributed by atoms with Crippen molar-refractivity contribution in [2.75, 3.05) is 26.2 Å². The van der Waals surface area contributed by atoms with Crippen LogP contribution in [0, 0.1) is 0 Å². The van der Waals surface area contributed by atoms with E-state index in [9.17, 15) is 4.79 Å². The van der Waals surface area contributed by atoms with Gasteiger partial charge in [0.05, 0.1) is 0 Å². The Morgan fingerprint density at radius 2 is 1.61 bits per heavy atom. The van der Waals surface area contributed by atoms with E-state index in [4.69, 9.17) is 4.74 Å². The van der Waals surface area contributed by atoms with Crippen molar-refractivity contribution in [3.05, 3.63) is 0 Å². The minimum Gasteiger partial charge on any atom is -0.444 e. The van der Waals surface area contributed by atoms with Gasteiger partial charge in [0.15, 0.2) is 0 Å². The lowest BCUT2D eigenvalue weighted by atomic mass is 10.2. The van der Waals surface area contributed by atoms with Gasteiger partial charge in [-0.05, 0) is 53.1 Å². The second kappa shape index (κ2) is 7.62. The molecule has 1 heterocycles. The molecule has 1 aliphatic heterocycles. The van der Waals surface area contributed by atoms with Gasteiger partial charge in [0, 0.05) is 13.1 Å². The van der Waals surface area contributed by atoms with Crippen molar-refractivity contribution in [3.63, 3.8) is 0 Å². The summed E-state index contributed by atoms with van der Waals surface area (Å²) in [5, 5.41) is 3.41. The first-order chi connectivity index (χ1) is 8.49. The molecule has 1 saturated heterocycles. The molecule has 0 aliphatic carbocycles. The normalized spacial score (nSPS) is 20.1. The lowest BCUT2D eigenvalue weighted by Crippen LogP contribution is -2.38. The molecule has 1 fully saturated rings. The quantitative estimate of drug-likeness (QED) is 0.724. The second-order valence-electron chi connectivity index (χ2n) is 5.99. The van der Waals surface area contributed by atoms with Gasteiger partial charge < -0.3 is 15.0 Å². The molecule has 0 aromatic rings. The number of nitrogens with zero attached hydrogens (tertiary/aromatic N) is 1. The molecule has 1 aliphatic rings. The van der Waals surface area contributed by atoms with Crippen LogP contribution in [0.3, 0.4) is 0 Å². The summed E-state index contributed by atoms with van der Waals surface area (Å²) in [6.45, 7) is 9.46. The molecule has 18 heavy (non-hydrogen) atoms. The molecule has 1 rings (SSSR count). The third-order valence-corrected chi connectivity index (χ3v) is 2.96. The molecule has 1 N–H and O–H groups in total. The number of hydrogen-bond acceptors (Lipinski definition) is 3. The smallest absolute Gasteiger partial charge is 0.410 e. The fraction of sp³-hybridized carbons (Fsp3) is 0.929. The third kappa shape index (κ3) is 6.84. The molecule has 0 bridgehead atoms. The number of hydrogen-bond donors (Lipinski definition) is 1. The van der Waals surface area contributed by atoms with E-state index >= 15 is 0 Å². The van der Waals surface area contributed by atoms with Gasteiger partial charge in [-0.25, -0.2) is 4.79 Å². The van der Waals surface area contributed by atoms with Gasteiger partial charge in [0.25, 0.3) is 0 Å². The highest BCUT2D eigenvalue weighted by Crippen LogP contribution is 2.12.